The Labute approximate surface area is 111 Å². The Hall–Kier alpha value is -2.50. The van der Waals surface area contributed by atoms with Crippen LogP contribution in [-0.2, 0) is 0 Å². The van der Waals surface area contributed by atoms with Crippen LogP contribution < -0.4 is 10.6 Å². The molecule has 1 amide bonds. The van der Waals surface area contributed by atoms with Crippen LogP contribution in [0.5, 0.6) is 0 Å². The lowest BCUT2D eigenvalue weighted by Gasteiger charge is -2.10. The van der Waals surface area contributed by atoms with Gasteiger partial charge in [-0.05, 0) is 12.5 Å². The lowest BCUT2D eigenvalue weighted by atomic mass is 10.2. The van der Waals surface area contributed by atoms with E-state index in [9.17, 15) is 4.79 Å². The SMILES string of the molecule is CCCNc1ccncc1C(=O)Nc1cncnc1. The van der Waals surface area contributed by atoms with Gasteiger partial charge in [-0.1, -0.05) is 6.92 Å². The number of rotatable bonds is 5. The summed E-state index contributed by atoms with van der Waals surface area (Å²) >= 11 is 0. The molecule has 6 heteroatoms. The second-order valence-electron chi connectivity index (χ2n) is 3.93. The molecule has 2 aromatic rings. The molecule has 2 N–H and O–H groups in total. The fourth-order valence-electron chi connectivity index (χ4n) is 1.55. The van der Waals surface area contributed by atoms with Gasteiger partial charge in [0.25, 0.3) is 5.91 Å². The summed E-state index contributed by atoms with van der Waals surface area (Å²) in [6, 6.07) is 1.78. The molecule has 98 valence electrons. The van der Waals surface area contributed by atoms with Crippen LogP contribution in [-0.4, -0.2) is 27.4 Å². The second kappa shape index (κ2) is 6.44. The topological polar surface area (TPSA) is 79.8 Å². The van der Waals surface area contributed by atoms with Crippen molar-refractivity contribution >= 4 is 17.3 Å². The molecule has 0 aliphatic carbocycles. The Morgan fingerprint density at radius 3 is 2.74 bits per heavy atom. The number of nitrogens with one attached hydrogen (secondary N) is 2. The molecule has 0 atom stereocenters. The van der Waals surface area contributed by atoms with Crippen molar-refractivity contribution < 1.29 is 4.79 Å². The summed E-state index contributed by atoms with van der Waals surface area (Å²) in [5.41, 5.74) is 1.82. The molecule has 0 saturated carbocycles. The first-order valence-corrected chi connectivity index (χ1v) is 6.05. The Morgan fingerprint density at radius 2 is 2.00 bits per heavy atom. The zero-order chi connectivity index (χ0) is 13.5. The quantitative estimate of drug-likeness (QED) is 0.855. The number of hydrogen-bond donors (Lipinski definition) is 2. The average Bonchev–Trinajstić information content (AvgIpc) is 2.46. The summed E-state index contributed by atoms with van der Waals surface area (Å²) in [5.74, 6) is -0.235. The van der Waals surface area contributed by atoms with E-state index in [-0.39, 0.29) is 5.91 Å². The molecule has 0 aliphatic rings. The van der Waals surface area contributed by atoms with Crippen LogP contribution in [0.2, 0.25) is 0 Å². The zero-order valence-corrected chi connectivity index (χ0v) is 10.6. The maximum atomic E-state index is 12.2. The van der Waals surface area contributed by atoms with Crippen LogP contribution in [0, 0.1) is 0 Å². The summed E-state index contributed by atoms with van der Waals surface area (Å²) < 4.78 is 0. The summed E-state index contributed by atoms with van der Waals surface area (Å²) in [4.78, 5) is 23.8. The van der Waals surface area contributed by atoms with Gasteiger partial charge >= 0.3 is 0 Å². The monoisotopic (exact) mass is 257 g/mol. The first kappa shape index (κ1) is 12.9. The van der Waals surface area contributed by atoms with Crippen molar-refractivity contribution in [2.24, 2.45) is 0 Å². The molecule has 2 rings (SSSR count). The second-order valence-corrected chi connectivity index (χ2v) is 3.93. The number of carbonyl (C=O) groups is 1. The van der Waals surface area contributed by atoms with Crippen molar-refractivity contribution in [3.63, 3.8) is 0 Å². The maximum Gasteiger partial charge on any atom is 0.259 e. The highest BCUT2D eigenvalue weighted by atomic mass is 16.1. The van der Waals surface area contributed by atoms with Gasteiger partial charge < -0.3 is 10.6 Å². The van der Waals surface area contributed by atoms with Crippen molar-refractivity contribution in [3.8, 4) is 0 Å². The fraction of sp³-hybridized carbons (Fsp3) is 0.231. The molecule has 0 aromatic carbocycles. The molecule has 2 aromatic heterocycles. The van der Waals surface area contributed by atoms with Gasteiger partial charge in [0.05, 0.1) is 29.3 Å². The predicted molar refractivity (Wildman–Crippen MR) is 73.0 cm³/mol. The number of amides is 1. The van der Waals surface area contributed by atoms with Crippen LogP contribution in [0.1, 0.15) is 23.7 Å². The van der Waals surface area contributed by atoms with Gasteiger partial charge in [0, 0.05) is 18.9 Å². The molecule has 0 spiro atoms. The highest BCUT2D eigenvalue weighted by Crippen LogP contribution is 2.15. The van der Waals surface area contributed by atoms with Crippen molar-refractivity contribution in [1.82, 2.24) is 15.0 Å². The van der Waals surface area contributed by atoms with E-state index in [0.717, 1.165) is 18.7 Å². The number of nitrogens with zero attached hydrogens (tertiary/aromatic N) is 3. The average molecular weight is 257 g/mol. The predicted octanol–water partition coefficient (Wildman–Crippen LogP) is 1.95. The molecule has 0 bridgehead atoms. The molecule has 0 aliphatic heterocycles. The van der Waals surface area contributed by atoms with Crippen LogP contribution >= 0.6 is 0 Å². The van der Waals surface area contributed by atoms with Crippen LogP contribution in [0.25, 0.3) is 0 Å². The molecule has 6 nitrogen and oxygen atoms in total. The van der Waals surface area contributed by atoms with Crippen LogP contribution in [0.4, 0.5) is 11.4 Å². The third kappa shape index (κ3) is 3.48. The molecule has 0 saturated heterocycles. The van der Waals surface area contributed by atoms with E-state index >= 15 is 0 Å². The van der Waals surface area contributed by atoms with E-state index in [2.05, 4.69) is 32.5 Å². The molecule has 0 fully saturated rings. The highest BCUT2D eigenvalue weighted by molar-refractivity contribution is 6.07. The third-order valence-electron chi connectivity index (χ3n) is 2.45. The Kier molecular flexibility index (Phi) is 4.39. The van der Waals surface area contributed by atoms with Crippen molar-refractivity contribution in [3.05, 3.63) is 42.7 Å². The number of hydrogen-bond acceptors (Lipinski definition) is 5. The molecule has 2 heterocycles. The van der Waals surface area contributed by atoms with Gasteiger partial charge in [-0.15, -0.1) is 0 Å². The van der Waals surface area contributed by atoms with Gasteiger partial charge in [0.2, 0.25) is 0 Å². The van der Waals surface area contributed by atoms with E-state index in [0.29, 0.717) is 11.3 Å². The molecular weight excluding hydrogens is 242 g/mol. The number of pyridine rings is 1. The van der Waals surface area contributed by atoms with E-state index in [1.165, 1.54) is 12.5 Å². The minimum Gasteiger partial charge on any atom is -0.384 e. The summed E-state index contributed by atoms with van der Waals surface area (Å²) in [6.07, 6.45) is 8.67. The van der Waals surface area contributed by atoms with Gasteiger partial charge in [0.15, 0.2) is 0 Å². The molecule has 19 heavy (non-hydrogen) atoms. The number of anilines is 2. The fourth-order valence-corrected chi connectivity index (χ4v) is 1.55. The van der Waals surface area contributed by atoms with Crippen LogP contribution in [0.3, 0.4) is 0 Å². The van der Waals surface area contributed by atoms with Crippen LogP contribution in [0.15, 0.2) is 37.2 Å². The highest BCUT2D eigenvalue weighted by Gasteiger charge is 2.11. The Morgan fingerprint density at radius 1 is 1.21 bits per heavy atom. The number of aromatic nitrogens is 3. The van der Waals surface area contributed by atoms with E-state index in [4.69, 9.17) is 0 Å². The zero-order valence-electron chi connectivity index (χ0n) is 10.6. The minimum absolute atomic E-state index is 0.235. The summed E-state index contributed by atoms with van der Waals surface area (Å²) in [7, 11) is 0. The lowest BCUT2D eigenvalue weighted by Crippen LogP contribution is -2.15. The third-order valence-corrected chi connectivity index (χ3v) is 2.45. The van der Waals surface area contributed by atoms with Gasteiger partial charge in [-0.25, -0.2) is 9.97 Å². The van der Waals surface area contributed by atoms with Gasteiger partial charge in [0.1, 0.15) is 6.33 Å². The van der Waals surface area contributed by atoms with Crippen molar-refractivity contribution in [2.75, 3.05) is 17.2 Å². The van der Waals surface area contributed by atoms with Crippen molar-refractivity contribution in [1.29, 1.82) is 0 Å². The molecule has 0 unspecified atom stereocenters. The molecular formula is C13H15N5O. The standard InChI is InChI=1S/C13H15N5O/c1-2-4-17-12-3-5-14-8-11(12)13(19)18-10-6-15-9-16-7-10/h3,5-9H,2,4H2,1H3,(H,14,17)(H,18,19). The summed E-state index contributed by atoms with van der Waals surface area (Å²) in [5, 5.41) is 5.93. The van der Waals surface area contributed by atoms with E-state index in [1.54, 1.807) is 24.7 Å². The number of carbonyl (C=O) groups excluding carboxylic acids is 1. The first-order valence-electron chi connectivity index (χ1n) is 6.05. The lowest BCUT2D eigenvalue weighted by molar-refractivity contribution is 0.102. The van der Waals surface area contributed by atoms with Gasteiger partial charge in [-0.2, -0.15) is 0 Å². The maximum absolute atomic E-state index is 12.2. The van der Waals surface area contributed by atoms with E-state index < -0.39 is 0 Å². The smallest absolute Gasteiger partial charge is 0.259 e. The largest absolute Gasteiger partial charge is 0.384 e. The Balaban J connectivity index is 2.14. The minimum atomic E-state index is -0.235. The Bertz CT molecular complexity index is 544. The normalized spacial score (nSPS) is 9.95. The molecule has 0 radical (unpaired) electrons. The van der Waals surface area contributed by atoms with Crippen molar-refractivity contribution in [2.45, 2.75) is 13.3 Å². The van der Waals surface area contributed by atoms with Gasteiger partial charge in [-0.3, -0.25) is 9.78 Å². The van der Waals surface area contributed by atoms with E-state index in [1.807, 2.05) is 0 Å². The first-order chi connectivity index (χ1) is 9.31. The summed E-state index contributed by atoms with van der Waals surface area (Å²) in [6.45, 7) is 2.87.